The zero-order valence-electron chi connectivity index (χ0n) is 15.3. The fraction of sp³-hybridized carbons (Fsp3) is 0. The van der Waals surface area contributed by atoms with Gasteiger partial charge in [-0.05, 0) is 48.5 Å². The van der Waals surface area contributed by atoms with Crippen molar-refractivity contribution in [3.63, 3.8) is 0 Å². The van der Waals surface area contributed by atoms with Gasteiger partial charge < -0.3 is 0 Å². The maximum atomic E-state index is 14.5. The second-order valence-electron chi connectivity index (χ2n) is 6.38. The van der Waals surface area contributed by atoms with Gasteiger partial charge in [-0.1, -0.05) is 24.3 Å². The second-order valence-corrected chi connectivity index (χ2v) is 6.38. The van der Waals surface area contributed by atoms with E-state index in [1.807, 2.05) is 0 Å². The number of carbonyl (C=O) groups excluding carboxylic acids is 1. The second kappa shape index (κ2) is 7.67. The molecule has 1 aliphatic heterocycles. The van der Waals surface area contributed by atoms with Crippen molar-refractivity contribution >= 4 is 29.2 Å². The van der Waals surface area contributed by atoms with Gasteiger partial charge in [-0.15, -0.1) is 0 Å². The Labute approximate surface area is 169 Å². The first-order valence-electron chi connectivity index (χ1n) is 8.84. The summed E-state index contributed by atoms with van der Waals surface area (Å²) in [6.45, 7) is 0. The molecule has 0 atom stereocenters. The van der Waals surface area contributed by atoms with E-state index in [1.54, 1.807) is 12.1 Å². The van der Waals surface area contributed by atoms with Crippen LogP contribution in [0.25, 0.3) is 6.08 Å². The number of carbonyl (C=O) groups is 1. The molecule has 1 amide bonds. The Morgan fingerprint density at radius 1 is 0.933 bits per heavy atom. The zero-order chi connectivity index (χ0) is 21.3. The molecule has 6 nitrogen and oxygen atoms in total. The highest BCUT2D eigenvalue weighted by molar-refractivity contribution is 6.33. The molecular weight excluding hydrogens is 392 g/mol. The normalized spacial score (nSPS) is 14.9. The molecule has 0 spiro atoms. The third kappa shape index (κ3) is 3.46. The van der Waals surface area contributed by atoms with Gasteiger partial charge in [-0.3, -0.25) is 19.8 Å². The van der Waals surface area contributed by atoms with Crippen LogP contribution in [-0.4, -0.2) is 16.7 Å². The van der Waals surface area contributed by atoms with Gasteiger partial charge in [0.1, 0.15) is 17.3 Å². The molecule has 0 radical (unpaired) electrons. The van der Waals surface area contributed by atoms with Crippen molar-refractivity contribution < 1.29 is 18.5 Å². The van der Waals surface area contributed by atoms with Crippen LogP contribution >= 0.6 is 0 Å². The zero-order valence-corrected chi connectivity index (χ0v) is 15.3. The van der Waals surface area contributed by atoms with Gasteiger partial charge in [-0.2, -0.15) is 0 Å². The number of anilines is 1. The molecule has 0 saturated heterocycles. The Kier molecular flexibility index (Phi) is 4.89. The van der Waals surface area contributed by atoms with Crippen molar-refractivity contribution in [1.29, 1.82) is 0 Å². The Balaban J connectivity index is 1.88. The Hall–Kier alpha value is -4.20. The number of nitrogens with zero attached hydrogens (tertiary/aromatic N) is 3. The molecule has 3 aromatic carbocycles. The van der Waals surface area contributed by atoms with E-state index < -0.39 is 22.5 Å². The van der Waals surface area contributed by atoms with Gasteiger partial charge in [0, 0.05) is 6.07 Å². The van der Waals surface area contributed by atoms with Crippen molar-refractivity contribution in [1.82, 2.24) is 0 Å². The van der Waals surface area contributed by atoms with Crippen molar-refractivity contribution in [2.45, 2.75) is 0 Å². The summed E-state index contributed by atoms with van der Waals surface area (Å²) in [4.78, 5) is 29.3. The van der Waals surface area contributed by atoms with Crippen molar-refractivity contribution in [3.05, 3.63) is 111 Å². The number of nitro groups is 1. The fourth-order valence-corrected chi connectivity index (χ4v) is 3.09. The SMILES string of the molecule is O=C1/C(=C\c2ccccc2[N+](=O)[O-])N=C(c2ccccc2F)N1c1ccc(F)cc1. The largest absolute Gasteiger partial charge is 0.282 e. The summed E-state index contributed by atoms with van der Waals surface area (Å²) in [5.74, 6) is -1.69. The fourth-order valence-electron chi connectivity index (χ4n) is 3.09. The standard InChI is InChI=1S/C22H13F2N3O3/c23-15-9-11-16(12-10-15)26-21(17-6-2-3-7-18(17)24)25-19(22(26)28)13-14-5-1-4-8-20(14)27(29)30/h1-13H/b19-13+. The molecule has 3 aromatic rings. The van der Waals surface area contributed by atoms with E-state index in [4.69, 9.17) is 0 Å². The number of para-hydroxylation sites is 1. The van der Waals surface area contributed by atoms with Crippen LogP contribution in [0.1, 0.15) is 11.1 Å². The van der Waals surface area contributed by atoms with Gasteiger partial charge in [0.15, 0.2) is 5.84 Å². The minimum atomic E-state index is -0.613. The third-order valence-corrected chi connectivity index (χ3v) is 4.49. The number of hydrogen-bond donors (Lipinski definition) is 0. The summed E-state index contributed by atoms with van der Waals surface area (Å²) < 4.78 is 27.8. The molecule has 0 bridgehead atoms. The van der Waals surface area contributed by atoms with Crippen molar-refractivity contribution in [2.75, 3.05) is 4.90 Å². The van der Waals surface area contributed by atoms with E-state index >= 15 is 0 Å². The number of amides is 1. The van der Waals surface area contributed by atoms with E-state index in [2.05, 4.69) is 4.99 Å². The van der Waals surface area contributed by atoms with E-state index in [0.29, 0.717) is 0 Å². The quantitative estimate of drug-likeness (QED) is 0.358. The third-order valence-electron chi connectivity index (χ3n) is 4.49. The van der Waals surface area contributed by atoms with Crippen molar-refractivity contribution in [2.24, 2.45) is 4.99 Å². The summed E-state index contributed by atoms with van der Waals surface area (Å²) in [5, 5.41) is 11.3. The van der Waals surface area contributed by atoms with Gasteiger partial charge in [0.25, 0.3) is 11.6 Å². The van der Waals surface area contributed by atoms with Crippen LogP contribution in [0.4, 0.5) is 20.2 Å². The van der Waals surface area contributed by atoms with E-state index in [0.717, 1.165) is 4.90 Å². The maximum Gasteiger partial charge on any atom is 0.282 e. The number of rotatable bonds is 4. The highest BCUT2D eigenvalue weighted by atomic mass is 19.1. The molecule has 0 aliphatic carbocycles. The monoisotopic (exact) mass is 405 g/mol. The van der Waals surface area contributed by atoms with Gasteiger partial charge in [-0.25, -0.2) is 13.8 Å². The topological polar surface area (TPSA) is 75.8 Å². The summed E-state index contributed by atoms with van der Waals surface area (Å²) >= 11 is 0. The summed E-state index contributed by atoms with van der Waals surface area (Å²) in [6, 6.07) is 16.8. The molecule has 0 aromatic heterocycles. The smallest absolute Gasteiger partial charge is 0.266 e. The number of amidine groups is 1. The first kappa shape index (κ1) is 19.1. The minimum Gasteiger partial charge on any atom is -0.266 e. The Morgan fingerprint density at radius 2 is 1.60 bits per heavy atom. The number of halogens is 2. The van der Waals surface area contributed by atoms with Crippen LogP contribution < -0.4 is 4.90 Å². The first-order chi connectivity index (χ1) is 14.5. The van der Waals surface area contributed by atoms with E-state index in [-0.39, 0.29) is 34.0 Å². The van der Waals surface area contributed by atoms with E-state index in [1.165, 1.54) is 66.7 Å². The lowest BCUT2D eigenvalue weighted by molar-refractivity contribution is -0.385. The molecule has 0 unspecified atom stereocenters. The molecule has 8 heteroatoms. The molecule has 0 saturated carbocycles. The molecular formula is C22H13F2N3O3. The average Bonchev–Trinajstić information content (AvgIpc) is 3.05. The van der Waals surface area contributed by atoms with Crippen LogP contribution in [0, 0.1) is 21.7 Å². The number of aliphatic imine (C=N–C) groups is 1. The van der Waals surface area contributed by atoms with Crippen LogP contribution in [0.3, 0.4) is 0 Å². The molecule has 0 N–H and O–H groups in total. The van der Waals surface area contributed by atoms with E-state index in [9.17, 15) is 23.7 Å². The average molecular weight is 405 g/mol. The van der Waals surface area contributed by atoms with Crippen LogP contribution in [0.2, 0.25) is 0 Å². The summed E-state index contributed by atoms with van der Waals surface area (Å²) in [5.41, 5.74) is 0.242. The molecule has 1 aliphatic rings. The predicted octanol–water partition coefficient (Wildman–Crippen LogP) is 4.71. The lowest BCUT2D eigenvalue weighted by atomic mass is 10.1. The molecule has 4 rings (SSSR count). The minimum absolute atomic E-state index is 0.00884. The number of hydrogen-bond acceptors (Lipinski definition) is 4. The lowest BCUT2D eigenvalue weighted by Crippen LogP contribution is -2.33. The summed E-state index contributed by atoms with van der Waals surface area (Å²) in [7, 11) is 0. The van der Waals surface area contributed by atoms with Crippen LogP contribution in [0.15, 0.2) is 83.5 Å². The van der Waals surface area contributed by atoms with Crippen molar-refractivity contribution in [3.8, 4) is 0 Å². The molecule has 148 valence electrons. The number of nitro benzene ring substituents is 1. The van der Waals surface area contributed by atoms with Gasteiger partial charge in [0.2, 0.25) is 0 Å². The highest BCUT2D eigenvalue weighted by Gasteiger charge is 2.34. The summed E-state index contributed by atoms with van der Waals surface area (Å²) in [6.07, 6.45) is 1.28. The predicted molar refractivity (Wildman–Crippen MR) is 108 cm³/mol. The maximum absolute atomic E-state index is 14.5. The van der Waals surface area contributed by atoms with Gasteiger partial charge in [0.05, 0.1) is 21.7 Å². The van der Waals surface area contributed by atoms with Crippen LogP contribution in [0.5, 0.6) is 0 Å². The molecule has 1 heterocycles. The number of benzene rings is 3. The van der Waals surface area contributed by atoms with Crippen LogP contribution in [-0.2, 0) is 4.79 Å². The first-order valence-corrected chi connectivity index (χ1v) is 8.84. The molecule has 0 fully saturated rings. The Morgan fingerprint density at radius 3 is 2.30 bits per heavy atom. The van der Waals surface area contributed by atoms with Gasteiger partial charge >= 0.3 is 0 Å². The highest BCUT2D eigenvalue weighted by Crippen LogP contribution is 2.30. The molecule has 30 heavy (non-hydrogen) atoms. The lowest BCUT2D eigenvalue weighted by Gasteiger charge is -2.18. The Bertz CT molecular complexity index is 1220.